The van der Waals surface area contributed by atoms with E-state index in [9.17, 15) is 9.59 Å². The van der Waals surface area contributed by atoms with Crippen molar-refractivity contribution < 1.29 is 9.59 Å². The largest absolute Gasteiger partial charge is 0.348 e. The maximum Gasteiger partial charge on any atom is 0.253 e. The van der Waals surface area contributed by atoms with E-state index in [2.05, 4.69) is 10.6 Å². The zero-order chi connectivity index (χ0) is 19.9. The van der Waals surface area contributed by atoms with Crippen LogP contribution in [0.2, 0.25) is 5.02 Å². The van der Waals surface area contributed by atoms with Crippen LogP contribution in [0.3, 0.4) is 0 Å². The van der Waals surface area contributed by atoms with Crippen molar-refractivity contribution in [3.8, 4) is 0 Å². The van der Waals surface area contributed by atoms with Crippen LogP contribution in [0, 0.1) is 6.92 Å². The minimum Gasteiger partial charge on any atom is -0.348 e. The summed E-state index contributed by atoms with van der Waals surface area (Å²) in [4.78, 5) is 25.0. The topological polar surface area (TPSA) is 58.2 Å². The molecule has 0 heterocycles. The zero-order valence-electron chi connectivity index (χ0n) is 15.5. The highest BCUT2D eigenvalue weighted by Crippen LogP contribution is 2.16. The summed E-state index contributed by atoms with van der Waals surface area (Å²) in [6, 6.07) is 22.1. The Bertz CT molecular complexity index is 967. The van der Waals surface area contributed by atoms with Crippen LogP contribution >= 0.6 is 11.6 Å². The molecule has 142 valence electrons. The van der Waals surface area contributed by atoms with Gasteiger partial charge in [0.15, 0.2) is 0 Å². The second-order valence-corrected chi connectivity index (χ2v) is 7.00. The van der Waals surface area contributed by atoms with Gasteiger partial charge in [-0.05, 0) is 42.3 Å². The molecule has 0 fully saturated rings. The lowest BCUT2D eigenvalue weighted by Crippen LogP contribution is -2.25. The molecule has 3 rings (SSSR count). The first kappa shape index (κ1) is 19.6. The standard InChI is InChI=1S/C23H21ClN2O2/c1-16-6-8-18(9-7-16)15-25-23(28)20-4-2-3-5-21(20)26-22(27)14-17-10-12-19(24)13-11-17/h2-13H,14-15H2,1H3,(H,25,28)(H,26,27). The fraction of sp³-hybridized carbons (Fsp3) is 0.130. The van der Waals surface area contributed by atoms with E-state index in [4.69, 9.17) is 11.6 Å². The number of hydrogen-bond donors (Lipinski definition) is 2. The average molecular weight is 393 g/mol. The maximum absolute atomic E-state index is 12.6. The van der Waals surface area contributed by atoms with Gasteiger partial charge in [0.25, 0.3) is 5.91 Å². The van der Waals surface area contributed by atoms with E-state index < -0.39 is 0 Å². The molecule has 0 radical (unpaired) electrons. The summed E-state index contributed by atoms with van der Waals surface area (Å²) < 4.78 is 0. The molecule has 28 heavy (non-hydrogen) atoms. The van der Waals surface area contributed by atoms with Gasteiger partial charge in [0, 0.05) is 11.6 Å². The monoisotopic (exact) mass is 392 g/mol. The number of amides is 2. The maximum atomic E-state index is 12.6. The van der Waals surface area contributed by atoms with Crippen LogP contribution in [0.4, 0.5) is 5.69 Å². The number of carbonyl (C=O) groups excluding carboxylic acids is 2. The van der Waals surface area contributed by atoms with Crippen LogP contribution in [0.15, 0.2) is 72.8 Å². The molecule has 0 aromatic heterocycles. The fourth-order valence-electron chi connectivity index (χ4n) is 2.76. The van der Waals surface area contributed by atoms with Crippen molar-refractivity contribution in [1.82, 2.24) is 5.32 Å². The Balaban J connectivity index is 1.64. The molecule has 2 amide bonds. The first-order valence-electron chi connectivity index (χ1n) is 8.98. The predicted octanol–water partition coefficient (Wildman–Crippen LogP) is 4.76. The van der Waals surface area contributed by atoms with Crippen molar-refractivity contribution in [3.05, 3.63) is 100 Å². The van der Waals surface area contributed by atoms with Crippen molar-refractivity contribution in [2.24, 2.45) is 0 Å². The van der Waals surface area contributed by atoms with Gasteiger partial charge >= 0.3 is 0 Å². The number of anilines is 1. The first-order chi connectivity index (χ1) is 13.5. The summed E-state index contributed by atoms with van der Waals surface area (Å²) in [7, 11) is 0. The molecule has 2 N–H and O–H groups in total. The van der Waals surface area contributed by atoms with Crippen LogP contribution in [-0.2, 0) is 17.8 Å². The summed E-state index contributed by atoms with van der Waals surface area (Å²) >= 11 is 5.87. The van der Waals surface area contributed by atoms with Crippen molar-refractivity contribution in [2.45, 2.75) is 19.9 Å². The Morgan fingerprint density at radius 2 is 1.50 bits per heavy atom. The third-order valence-electron chi connectivity index (χ3n) is 4.30. The van der Waals surface area contributed by atoms with Gasteiger partial charge in [0.2, 0.25) is 5.91 Å². The van der Waals surface area contributed by atoms with Gasteiger partial charge in [-0.2, -0.15) is 0 Å². The lowest BCUT2D eigenvalue weighted by molar-refractivity contribution is -0.115. The van der Waals surface area contributed by atoms with Gasteiger partial charge in [-0.3, -0.25) is 9.59 Å². The summed E-state index contributed by atoms with van der Waals surface area (Å²) in [5, 5.41) is 6.35. The lowest BCUT2D eigenvalue weighted by Gasteiger charge is -2.12. The van der Waals surface area contributed by atoms with E-state index in [-0.39, 0.29) is 18.2 Å². The van der Waals surface area contributed by atoms with Crippen molar-refractivity contribution >= 4 is 29.1 Å². The second kappa shape index (κ2) is 9.20. The molecule has 0 saturated heterocycles. The highest BCUT2D eigenvalue weighted by atomic mass is 35.5. The van der Waals surface area contributed by atoms with E-state index in [1.165, 1.54) is 5.56 Å². The van der Waals surface area contributed by atoms with Gasteiger partial charge in [-0.25, -0.2) is 0 Å². The van der Waals surface area contributed by atoms with E-state index in [1.54, 1.807) is 36.4 Å². The van der Waals surface area contributed by atoms with E-state index >= 15 is 0 Å². The molecule has 0 spiro atoms. The van der Waals surface area contributed by atoms with Crippen LogP contribution < -0.4 is 10.6 Å². The number of carbonyl (C=O) groups is 2. The number of para-hydroxylation sites is 1. The van der Waals surface area contributed by atoms with Crippen LogP contribution in [0.1, 0.15) is 27.0 Å². The van der Waals surface area contributed by atoms with E-state index in [0.29, 0.717) is 22.8 Å². The Hall–Kier alpha value is -3.11. The first-order valence-corrected chi connectivity index (χ1v) is 9.36. The predicted molar refractivity (Wildman–Crippen MR) is 113 cm³/mol. The average Bonchev–Trinajstić information content (AvgIpc) is 2.69. The number of nitrogens with one attached hydrogen (secondary N) is 2. The normalized spacial score (nSPS) is 10.4. The summed E-state index contributed by atoms with van der Waals surface area (Å²) in [6.45, 7) is 2.44. The molecule has 0 aliphatic rings. The summed E-state index contributed by atoms with van der Waals surface area (Å²) in [5.74, 6) is -0.427. The fourth-order valence-corrected chi connectivity index (χ4v) is 2.88. The summed E-state index contributed by atoms with van der Waals surface area (Å²) in [6.07, 6.45) is 0.205. The van der Waals surface area contributed by atoms with Gasteiger partial charge < -0.3 is 10.6 Å². The Morgan fingerprint density at radius 1 is 0.857 bits per heavy atom. The molecule has 5 heteroatoms. The number of halogens is 1. The van der Waals surface area contributed by atoms with Crippen molar-refractivity contribution in [3.63, 3.8) is 0 Å². The highest BCUT2D eigenvalue weighted by molar-refractivity contribution is 6.30. The number of aryl methyl sites for hydroxylation is 1. The number of benzene rings is 3. The minimum absolute atomic E-state index is 0.193. The van der Waals surface area contributed by atoms with Crippen LogP contribution in [0.25, 0.3) is 0 Å². The van der Waals surface area contributed by atoms with Gasteiger partial charge in [0.1, 0.15) is 0 Å². The van der Waals surface area contributed by atoms with Gasteiger partial charge in [0.05, 0.1) is 17.7 Å². The number of hydrogen-bond acceptors (Lipinski definition) is 2. The molecular formula is C23H21ClN2O2. The Kier molecular flexibility index (Phi) is 6.45. The highest BCUT2D eigenvalue weighted by Gasteiger charge is 2.13. The number of rotatable bonds is 6. The van der Waals surface area contributed by atoms with Gasteiger partial charge in [-0.1, -0.05) is 65.7 Å². The molecule has 0 atom stereocenters. The second-order valence-electron chi connectivity index (χ2n) is 6.57. The Labute approximate surface area is 169 Å². The Morgan fingerprint density at radius 3 is 2.21 bits per heavy atom. The summed E-state index contributed by atoms with van der Waals surface area (Å²) in [5.41, 5.74) is 3.96. The van der Waals surface area contributed by atoms with Crippen molar-refractivity contribution in [1.29, 1.82) is 0 Å². The van der Waals surface area contributed by atoms with Crippen LogP contribution in [-0.4, -0.2) is 11.8 Å². The molecule has 0 unspecified atom stereocenters. The van der Waals surface area contributed by atoms with Gasteiger partial charge in [-0.15, -0.1) is 0 Å². The zero-order valence-corrected chi connectivity index (χ0v) is 16.3. The molecule has 0 bridgehead atoms. The molecule has 0 aliphatic heterocycles. The smallest absolute Gasteiger partial charge is 0.253 e. The van der Waals surface area contributed by atoms with Crippen molar-refractivity contribution in [2.75, 3.05) is 5.32 Å². The molecule has 4 nitrogen and oxygen atoms in total. The molecule has 0 saturated carbocycles. The molecule has 3 aromatic rings. The molecule has 3 aromatic carbocycles. The molecule has 0 aliphatic carbocycles. The third-order valence-corrected chi connectivity index (χ3v) is 4.55. The van der Waals surface area contributed by atoms with E-state index in [1.807, 2.05) is 43.3 Å². The SMILES string of the molecule is Cc1ccc(CNC(=O)c2ccccc2NC(=O)Cc2ccc(Cl)cc2)cc1. The lowest BCUT2D eigenvalue weighted by atomic mass is 10.1. The van der Waals surface area contributed by atoms with Crippen LogP contribution in [0.5, 0.6) is 0 Å². The minimum atomic E-state index is -0.233. The quantitative estimate of drug-likeness (QED) is 0.635. The third kappa shape index (κ3) is 5.44. The van der Waals surface area contributed by atoms with E-state index in [0.717, 1.165) is 11.1 Å². The molecular weight excluding hydrogens is 372 g/mol.